The minimum Gasteiger partial charge on any atom is -0.357 e. The highest BCUT2D eigenvalue weighted by atomic mass is 16.1. The molecule has 0 aliphatic carbocycles. The second-order valence-electron chi connectivity index (χ2n) is 4.36. The molecule has 3 heterocycles. The molecule has 0 aromatic carbocycles. The molecule has 1 fully saturated rings. The standard InChI is InChI=1S/C12H14N4O/c1-9(17)10-8-13-16-7-4-11(14-12(10)16)15-5-2-3-6-15/h4,7-8H,2-3,5-6H2,1H3. The van der Waals surface area contributed by atoms with E-state index >= 15 is 0 Å². The number of hydrogen-bond acceptors (Lipinski definition) is 4. The third-order valence-corrected chi connectivity index (χ3v) is 3.16. The molecular weight excluding hydrogens is 216 g/mol. The minimum absolute atomic E-state index is 0.00562. The quantitative estimate of drug-likeness (QED) is 0.734. The molecule has 1 aliphatic heterocycles. The number of nitrogens with zero attached hydrogens (tertiary/aromatic N) is 4. The molecule has 1 saturated heterocycles. The van der Waals surface area contributed by atoms with Crippen LogP contribution in [-0.4, -0.2) is 33.5 Å². The molecule has 0 spiro atoms. The zero-order valence-electron chi connectivity index (χ0n) is 9.76. The monoisotopic (exact) mass is 230 g/mol. The predicted octanol–water partition coefficient (Wildman–Crippen LogP) is 1.53. The summed E-state index contributed by atoms with van der Waals surface area (Å²) >= 11 is 0. The summed E-state index contributed by atoms with van der Waals surface area (Å²) in [7, 11) is 0. The minimum atomic E-state index is 0.00562. The first-order valence-corrected chi connectivity index (χ1v) is 5.86. The summed E-state index contributed by atoms with van der Waals surface area (Å²) in [6.07, 6.45) is 5.87. The lowest BCUT2D eigenvalue weighted by molar-refractivity contribution is 0.101. The Morgan fingerprint density at radius 3 is 2.82 bits per heavy atom. The van der Waals surface area contributed by atoms with Gasteiger partial charge in [-0.3, -0.25) is 4.79 Å². The van der Waals surface area contributed by atoms with Gasteiger partial charge in [0.1, 0.15) is 5.82 Å². The molecule has 0 bridgehead atoms. The highest BCUT2D eigenvalue weighted by Gasteiger charge is 2.16. The summed E-state index contributed by atoms with van der Waals surface area (Å²) < 4.78 is 1.65. The van der Waals surface area contributed by atoms with Crippen LogP contribution in [-0.2, 0) is 0 Å². The van der Waals surface area contributed by atoms with E-state index in [1.807, 2.05) is 12.3 Å². The molecule has 1 aliphatic rings. The molecule has 3 rings (SSSR count). The van der Waals surface area contributed by atoms with Gasteiger partial charge in [0.25, 0.3) is 0 Å². The number of carbonyl (C=O) groups is 1. The van der Waals surface area contributed by atoms with Gasteiger partial charge in [-0.25, -0.2) is 9.50 Å². The Kier molecular flexibility index (Phi) is 2.31. The van der Waals surface area contributed by atoms with Crippen LogP contribution in [0.5, 0.6) is 0 Å². The van der Waals surface area contributed by atoms with E-state index in [4.69, 9.17) is 0 Å². The lowest BCUT2D eigenvalue weighted by Crippen LogP contribution is -2.19. The Labute approximate surface area is 99.1 Å². The Bertz CT molecular complexity index is 569. The number of ketones is 1. The number of carbonyl (C=O) groups excluding carboxylic acids is 1. The van der Waals surface area contributed by atoms with E-state index in [1.165, 1.54) is 12.8 Å². The van der Waals surface area contributed by atoms with Gasteiger partial charge in [0.15, 0.2) is 11.4 Å². The van der Waals surface area contributed by atoms with E-state index in [2.05, 4.69) is 15.0 Å². The molecule has 88 valence electrons. The van der Waals surface area contributed by atoms with Gasteiger partial charge in [-0.05, 0) is 25.8 Å². The van der Waals surface area contributed by atoms with Crippen molar-refractivity contribution in [3.05, 3.63) is 24.0 Å². The Morgan fingerprint density at radius 1 is 1.35 bits per heavy atom. The summed E-state index contributed by atoms with van der Waals surface area (Å²) in [6, 6.07) is 1.95. The third-order valence-electron chi connectivity index (χ3n) is 3.16. The normalized spacial score (nSPS) is 15.7. The molecule has 0 atom stereocenters. The van der Waals surface area contributed by atoms with Crippen LogP contribution in [0.2, 0.25) is 0 Å². The molecule has 0 N–H and O–H groups in total. The number of fused-ring (bicyclic) bond motifs is 1. The molecule has 5 nitrogen and oxygen atoms in total. The fraction of sp³-hybridized carbons (Fsp3) is 0.417. The number of Topliss-reactive ketones (excluding diaryl/α,β-unsaturated/α-hetero) is 1. The molecule has 2 aromatic rings. The molecule has 5 heteroatoms. The van der Waals surface area contributed by atoms with E-state index in [1.54, 1.807) is 17.6 Å². The number of hydrogen-bond donors (Lipinski definition) is 0. The van der Waals surface area contributed by atoms with Crippen molar-refractivity contribution in [1.82, 2.24) is 14.6 Å². The first kappa shape index (κ1) is 10.3. The van der Waals surface area contributed by atoms with E-state index in [0.29, 0.717) is 11.2 Å². The third kappa shape index (κ3) is 1.67. The summed E-state index contributed by atoms with van der Waals surface area (Å²) in [5.41, 5.74) is 1.24. The van der Waals surface area contributed by atoms with Crippen molar-refractivity contribution in [3.8, 4) is 0 Å². The summed E-state index contributed by atoms with van der Waals surface area (Å²) in [5.74, 6) is 0.948. The van der Waals surface area contributed by atoms with Crippen molar-refractivity contribution in [1.29, 1.82) is 0 Å². The summed E-state index contributed by atoms with van der Waals surface area (Å²) in [5, 5.41) is 4.12. The van der Waals surface area contributed by atoms with Crippen molar-refractivity contribution in [3.63, 3.8) is 0 Å². The number of anilines is 1. The molecule has 0 saturated carbocycles. The van der Waals surface area contributed by atoms with Gasteiger partial charge in [-0.15, -0.1) is 0 Å². The maximum atomic E-state index is 11.4. The maximum Gasteiger partial charge on any atom is 0.168 e. The van der Waals surface area contributed by atoms with Crippen LogP contribution in [0, 0.1) is 0 Å². The zero-order chi connectivity index (χ0) is 11.8. The van der Waals surface area contributed by atoms with Crippen LogP contribution in [0.1, 0.15) is 30.1 Å². The second kappa shape index (κ2) is 3.84. The van der Waals surface area contributed by atoms with Crippen molar-refractivity contribution in [2.45, 2.75) is 19.8 Å². The smallest absolute Gasteiger partial charge is 0.168 e. The Hall–Kier alpha value is -1.91. The molecule has 2 aromatic heterocycles. The van der Waals surface area contributed by atoms with Crippen LogP contribution in [0.4, 0.5) is 5.82 Å². The molecule has 0 unspecified atom stereocenters. The van der Waals surface area contributed by atoms with Crippen LogP contribution in [0.3, 0.4) is 0 Å². The fourth-order valence-corrected chi connectivity index (χ4v) is 2.23. The van der Waals surface area contributed by atoms with Gasteiger partial charge in [-0.1, -0.05) is 0 Å². The molecule has 0 radical (unpaired) electrons. The van der Waals surface area contributed by atoms with Crippen molar-refractivity contribution in [2.75, 3.05) is 18.0 Å². The highest BCUT2D eigenvalue weighted by molar-refractivity contribution is 5.99. The topological polar surface area (TPSA) is 50.5 Å². The van der Waals surface area contributed by atoms with E-state index in [-0.39, 0.29) is 5.78 Å². The summed E-state index contributed by atoms with van der Waals surface area (Å²) in [6.45, 7) is 3.64. The lowest BCUT2D eigenvalue weighted by atomic mass is 10.2. The van der Waals surface area contributed by atoms with E-state index in [9.17, 15) is 4.79 Å². The van der Waals surface area contributed by atoms with E-state index in [0.717, 1.165) is 18.9 Å². The van der Waals surface area contributed by atoms with Crippen LogP contribution >= 0.6 is 0 Å². The van der Waals surface area contributed by atoms with Gasteiger partial charge in [0, 0.05) is 19.3 Å². The average Bonchev–Trinajstić information content (AvgIpc) is 2.97. The number of rotatable bonds is 2. The van der Waals surface area contributed by atoms with Crippen molar-refractivity contribution in [2.24, 2.45) is 0 Å². The first-order valence-electron chi connectivity index (χ1n) is 5.86. The predicted molar refractivity (Wildman–Crippen MR) is 64.4 cm³/mol. The zero-order valence-corrected chi connectivity index (χ0v) is 9.76. The lowest BCUT2D eigenvalue weighted by Gasteiger charge is -2.15. The van der Waals surface area contributed by atoms with Crippen LogP contribution in [0.15, 0.2) is 18.5 Å². The maximum absolute atomic E-state index is 11.4. The Balaban J connectivity index is 2.09. The largest absolute Gasteiger partial charge is 0.357 e. The van der Waals surface area contributed by atoms with Gasteiger partial charge < -0.3 is 4.90 Å². The summed E-state index contributed by atoms with van der Waals surface area (Å²) in [4.78, 5) is 18.2. The average molecular weight is 230 g/mol. The fourth-order valence-electron chi connectivity index (χ4n) is 2.23. The SMILES string of the molecule is CC(=O)c1cnn2ccc(N3CCCC3)nc12. The Morgan fingerprint density at radius 2 is 2.12 bits per heavy atom. The van der Waals surface area contributed by atoms with Gasteiger partial charge in [0.05, 0.1) is 11.8 Å². The van der Waals surface area contributed by atoms with E-state index < -0.39 is 0 Å². The van der Waals surface area contributed by atoms with Gasteiger partial charge in [0.2, 0.25) is 0 Å². The van der Waals surface area contributed by atoms with Gasteiger partial charge in [-0.2, -0.15) is 5.10 Å². The first-order chi connectivity index (χ1) is 8.25. The number of aromatic nitrogens is 3. The van der Waals surface area contributed by atoms with Crippen molar-refractivity contribution < 1.29 is 4.79 Å². The van der Waals surface area contributed by atoms with Crippen molar-refractivity contribution >= 4 is 17.2 Å². The van der Waals surface area contributed by atoms with Crippen LogP contribution < -0.4 is 4.90 Å². The highest BCUT2D eigenvalue weighted by Crippen LogP contribution is 2.19. The van der Waals surface area contributed by atoms with Gasteiger partial charge >= 0.3 is 0 Å². The second-order valence-corrected chi connectivity index (χ2v) is 4.36. The molecule has 17 heavy (non-hydrogen) atoms. The molecular formula is C12H14N4O. The van der Waals surface area contributed by atoms with Crippen LogP contribution in [0.25, 0.3) is 5.65 Å². The molecule has 0 amide bonds.